The zero-order valence-corrected chi connectivity index (χ0v) is 17.6. The molecule has 0 saturated heterocycles. The lowest BCUT2D eigenvalue weighted by atomic mass is 10.1. The van der Waals surface area contributed by atoms with Gasteiger partial charge in [0.25, 0.3) is 0 Å². The molecule has 0 bridgehead atoms. The molecule has 0 unspecified atom stereocenters. The Morgan fingerprint density at radius 1 is 0.931 bits per heavy atom. The van der Waals surface area contributed by atoms with E-state index in [0.29, 0.717) is 10.0 Å². The lowest BCUT2D eigenvalue weighted by Crippen LogP contribution is -2.14. The monoisotopic (exact) mass is 438 g/mol. The molecule has 3 nitrogen and oxygen atoms in total. The van der Waals surface area contributed by atoms with Crippen LogP contribution in [0.25, 0.3) is 21.8 Å². The molecule has 3 aromatic carbocycles. The molecular formula is C23H16Cl2N2OS. The first kappa shape index (κ1) is 19.6. The minimum Gasteiger partial charge on any atom is -0.326 e. The zero-order chi connectivity index (χ0) is 20.2. The van der Waals surface area contributed by atoms with Crippen molar-refractivity contribution in [3.8, 4) is 21.8 Å². The minimum atomic E-state index is -0.115. The predicted octanol–water partition coefficient (Wildman–Crippen LogP) is 6.97. The van der Waals surface area contributed by atoms with E-state index >= 15 is 0 Å². The van der Waals surface area contributed by atoms with Crippen LogP contribution in [0.5, 0.6) is 0 Å². The Hall–Kier alpha value is -2.66. The number of rotatable bonds is 5. The van der Waals surface area contributed by atoms with E-state index in [1.54, 1.807) is 17.4 Å². The van der Waals surface area contributed by atoms with Gasteiger partial charge in [0, 0.05) is 32.2 Å². The van der Waals surface area contributed by atoms with Crippen LogP contribution < -0.4 is 5.32 Å². The summed E-state index contributed by atoms with van der Waals surface area (Å²) in [5, 5.41) is 7.16. The van der Waals surface area contributed by atoms with Crippen molar-refractivity contribution in [1.29, 1.82) is 0 Å². The minimum absolute atomic E-state index is 0.115. The molecule has 0 aliphatic carbocycles. The van der Waals surface area contributed by atoms with Gasteiger partial charge in [-0.1, -0.05) is 65.7 Å². The van der Waals surface area contributed by atoms with E-state index in [4.69, 9.17) is 28.2 Å². The van der Waals surface area contributed by atoms with Gasteiger partial charge in [-0.3, -0.25) is 4.79 Å². The number of benzene rings is 3. The fourth-order valence-corrected chi connectivity index (χ4v) is 4.07. The average Bonchev–Trinajstić information content (AvgIpc) is 3.21. The second-order valence-corrected chi connectivity index (χ2v) is 8.14. The van der Waals surface area contributed by atoms with Gasteiger partial charge in [-0.05, 0) is 35.9 Å². The number of nitrogens with zero attached hydrogens (tertiary/aromatic N) is 1. The summed E-state index contributed by atoms with van der Waals surface area (Å²) in [6.07, 6.45) is 0.224. The molecule has 0 atom stereocenters. The number of hydrogen-bond donors (Lipinski definition) is 1. The third kappa shape index (κ3) is 4.85. The van der Waals surface area contributed by atoms with Crippen LogP contribution >= 0.6 is 34.5 Å². The third-order valence-corrected chi connectivity index (χ3v) is 5.86. The number of amides is 1. The van der Waals surface area contributed by atoms with Gasteiger partial charge in [0.05, 0.1) is 12.1 Å². The molecule has 1 N–H and O–H groups in total. The Bertz CT molecular complexity index is 1160. The summed E-state index contributed by atoms with van der Waals surface area (Å²) in [6, 6.07) is 22.6. The van der Waals surface area contributed by atoms with E-state index in [2.05, 4.69) is 5.32 Å². The van der Waals surface area contributed by atoms with Gasteiger partial charge >= 0.3 is 0 Å². The highest BCUT2D eigenvalue weighted by molar-refractivity contribution is 7.13. The van der Waals surface area contributed by atoms with Crippen LogP contribution in [0, 0.1) is 0 Å². The van der Waals surface area contributed by atoms with Crippen LogP contribution in [-0.2, 0) is 11.2 Å². The molecule has 6 heteroatoms. The Morgan fingerprint density at radius 2 is 1.72 bits per heavy atom. The number of halogens is 2. The van der Waals surface area contributed by atoms with Gasteiger partial charge in [0.15, 0.2) is 0 Å². The molecule has 29 heavy (non-hydrogen) atoms. The normalized spacial score (nSPS) is 10.7. The molecule has 4 aromatic rings. The van der Waals surface area contributed by atoms with Gasteiger partial charge in [-0.15, -0.1) is 11.3 Å². The number of carbonyl (C=O) groups excluding carboxylic acids is 1. The fourth-order valence-electron chi connectivity index (χ4n) is 2.91. The quantitative estimate of drug-likeness (QED) is 0.365. The van der Waals surface area contributed by atoms with Crippen molar-refractivity contribution in [3.05, 3.63) is 93.8 Å². The number of carbonyl (C=O) groups is 1. The molecule has 1 heterocycles. The third-order valence-electron chi connectivity index (χ3n) is 4.35. The number of aromatic nitrogens is 1. The van der Waals surface area contributed by atoms with Crippen molar-refractivity contribution < 1.29 is 4.79 Å². The molecule has 4 rings (SSSR count). The summed E-state index contributed by atoms with van der Waals surface area (Å²) in [6.45, 7) is 0. The van der Waals surface area contributed by atoms with Crippen molar-refractivity contribution in [1.82, 2.24) is 4.98 Å². The van der Waals surface area contributed by atoms with E-state index in [0.717, 1.165) is 33.1 Å². The summed E-state index contributed by atoms with van der Waals surface area (Å²) >= 11 is 13.7. The van der Waals surface area contributed by atoms with E-state index < -0.39 is 0 Å². The van der Waals surface area contributed by atoms with Gasteiger partial charge in [0.1, 0.15) is 5.01 Å². The van der Waals surface area contributed by atoms with Crippen molar-refractivity contribution in [3.63, 3.8) is 0 Å². The van der Waals surface area contributed by atoms with E-state index in [1.807, 2.05) is 72.1 Å². The highest BCUT2D eigenvalue weighted by Gasteiger charge is 2.10. The molecule has 0 spiro atoms. The molecular weight excluding hydrogens is 423 g/mol. The summed E-state index contributed by atoms with van der Waals surface area (Å²) in [5.41, 5.74) is 4.35. The summed E-state index contributed by atoms with van der Waals surface area (Å²) < 4.78 is 0. The molecule has 1 aromatic heterocycles. The second-order valence-electron chi connectivity index (χ2n) is 6.44. The standard InChI is InChI=1S/C23H16Cl2N2OS/c24-18-10-8-15(9-11-18)23-27-21(14-29-23)17-5-3-6-19(12-17)26-22(28)13-16-4-1-2-7-20(16)25/h1-12,14H,13H2,(H,26,28). The van der Waals surface area contributed by atoms with Crippen LogP contribution in [0.4, 0.5) is 5.69 Å². The Balaban J connectivity index is 1.50. The average molecular weight is 439 g/mol. The van der Waals surface area contributed by atoms with Crippen molar-refractivity contribution in [2.75, 3.05) is 5.32 Å². The summed E-state index contributed by atoms with van der Waals surface area (Å²) in [5.74, 6) is -0.115. The Labute approximate surface area is 183 Å². The van der Waals surface area contributed by atoms with E-state index in [9.17, 15) is 4.79 Å². The SMILES string of the molecule is O=C(Cc1ccccc1Cl)Nc1cccc(-c2csc(-c3ccc(Cl)cc3)n2)c1. The Morgan fingerprint density at radius 3 is 2.52 bits per heavy atom. The van der Waals surface area contributed by atoms with Crippen LogP contribution in [0.2, 0.25) is 10.0 Å². The number of thiazole rings is 1. The topological polar surface area (TPSA) is 42.0 Å². The second kappa shape index (κ2) is 8.78. The smallest absolute Gasteiger partial charge is 0.228 e. The van der Waals surface area contributed by atoms with Gasteiger partial charge in [-0.25, -0.2) is 4.98 Å². The highest BCUT2D eigenvalue weighted by atomic mass is 35.5. The first-order chi connectivity index (χ1) is 14.1. The molecule has 0 fully saturated rings. The maximum Gasteiger partial charge on any atom is 0.228 e. The van der Waals surface area contributed by atoms with Crippen molar-refractivity contribution in [2.24, 2.45) is 0 Å². The largest absolute Gasteiger partial charge is 0.326 e. The zero-order valence-electron chi connectivity index (χ0n) is 15.2. The number of nitrogens with one attached hydrogen (secondary N) is 1. The van der Waals surface area contributed by atoms with Crippen molar-refractivity contribution >= 4 is 46.1 Å². The van der Waals surface area contributed by atoms with Gasteiger partial charge in [0.2, 0.25) is 5.91 Å². The van der Waals surface area contributed by atoms with Crippen LogP contribution in [0.15, 0.2) is 78.2 Å². The first-order valence-electron chi connectivity index (χ1n) is 8.93. The molecule has 0 saturated carbocycles. The highest BCUT2D eigenvalue weighted by Crippen LogP contribution is 2.30. The van der Waals surface area contributed by atoms with Crippen LogP contribution in [-0.4, -0.2) is 10.9 Å². The predicted molar refractivity (Wildman–Crippen MR) is 122 cm³/mol. The summed E-state index contributed by atoms with van der Waals surface area (Å²) in [7, 11) is 0. The van der Waals surface area contributed by atoms with Gasteiger partial charge < -0.3 is 5.32 Å². The number of anilines is 1. The van der Waals surface area contributed by atoms with Crippen LogP contribution in [0.3, 0.4) is 0 Å². The van der Waals surface area contributed by atoms with Crippen LogP contribution in [0.1, 0.15) is 5.56 Å². The van der Waals surface area contributed by atoms with E-state index in [1.165, 1.54) is 0 Å². The fraction of sp³-hybridized carbons (Fsp3) is 0.0435. The molecule has 144 valence electrons. The summed E-state index contributed by atoms with van der Waals surface area (Å²) in [4.78, 5) is 17.1. The maximum absolute atomic E-state index is 12.4. The lowest BCUT2D eigenvalue weighted by Gasteiger charge is -2.08. The Kier molecular flexibility index (Phi) is 5.95. The van der Waals surface area contributed by atoms with E-state index in [-0.39, 0.29) is 12.3 Å². The number of hydrogen-bond acceptors (Lipinski definition) is 3. The lowest BCUT2D eigenvalue weighted by molar-refractivity contribution is -0.115. The molecule has 0 aliphatic rings. The molecule has 1 amide bonds. The molecule has 0 radical (unpaired) electrons. The van der Waals surface area contributed by atoms with Crippen molar-refractivity contribution in [2.45, 2.75) is 6.42 Å². The maximum atomic E-state index is 12.4. The first-order valence-corrected chi connectivity index (χ1v) is 10.6. The van der Waals surface area contributed by atoms with Gasteiger partial charge in [-0.2, -0.15) is 0 Å². The molecule has 0 aliphatic heterocycles.